The Morgan fingerprint density at radius 2 is 2.24 bits per heavy atom. The molecule has 0 spiro atoms. The van der Waals surface area contributed by atoms with Gasteiger partial charge < -0.3 is 10.4 Å². The highest BCUT2D eigenvalue weighted by molar-refractivity contribution is 8.24. The van der Waals surface area contributed by atoms with Gasteiger partial charge in [0.15, 0.2) is 0 Å². The number of aromatic carboxylic acids is 1. The number of nitrogens with one attached hydrogen (secondary N) is 1. The molecule has 2 N–H and O–H groups in total. The van der Waals surface area contributed by atoms with E-state index in [1.807, 2.05) is 0 Å². The van der Waals surface area contributed by atoms with Crippen LogP contribution in [0.1, 0.15) is 10.4 Å². The summed E-state index contributed by atoms with van der Waals surface area (Å²) in [6, 6.07) is 3.14. The fraction of sp³-hybridized carbons (Fsp3) is 0.100. The van der Waals surface area contributed by atoms with Crippen molar-refractivity contribution in [2.24, 2.45) is 10.2 Å². The normalized spacial score (nSPS) is 18.0. The van der Waals surface area contributed by atoms with Gasteiger partial charge in [0.1, 0.15) is 10.0 Å². The number of thiocarbonyl (C=S) groups is 1. The maximum absolute atomic E-state index is 11.4. The van der Waals surface area contributed by atoms with Gasteiger partial charge in [0.05, 0.1) is 10.5 Å². The van der Waals surface area contributed by atoms with Crippen LogP contribution in [0.3, 0.4) is 0 Å². The molecule has 1 heterocycles. The summed E-state index contributed by atoms with van der Waals surface area (Å²) in [5.74, 6) is -1.83. The van der Waals surface area contributed by atoms with Gasteiger partial charge in [0, 0.05) is 12.1 Å². The number of nitro benzene ring substituents is 1. The van der Waals surface area contributed by atoms with Crippen molar-refractivity contribution in [3.05, 3.63) is 33.9 Å². The van der Waals surface area contributed by atoms with E-state index in [1.165, 1.54) is 0 Å². The Morgan fingerprint density at radius 1 is 1.52 bits per heavy atom. The summed E-state index contributed by atoms with van der Waals surface area (Å²) in [4.78, 5) is 32.4. The number of thioether (sulfide) groups is 1. The first-order chi connectivity index (χ1) is 9.88. The fourth-order valence-electron chi connectivity index (χ4n) is 1.43. The molecule has 11 heteroatoms. The van der Waals surface area contributed by atoms with E-state index >= 15 is 0 Å². The first-order valence-electron chi connectivity index (χ1n) is 5.32. The number of hydrogen-bond acceptors (Lipinski definition) is 8. The zero-order chi connectivity index (χ0) is 15.6. The van der Waals surface area contributed by atoms with E-state index in [1.54, 1.807) is 0 Å². The summed E-state index contributed by atoms with van der Waals surface area (Å²) in [7, 11) is 0. The highest BCUT2D eigenvalue weighted by Gasteiger charge is 2.29. The molecular weight excluding hydrogens is 320 g/mol. The summed E-state index contributed by atoms with van der Waals surface area (Å²) in [5.41, 5.74) is -0.834. The summed E-state index contributed by atoms with van der Waals surface area (Å²) in [6.45, 7) is 0. The van der Waals surface area contributed by atoms with E-state index in [4.69, 9.17) is 17.3 Å². The third kappa shape index (κ3) is 3.38. The molecule has 1 atom stereocenters. The zero-order valence-electron chi connectivity index (χ0n) is 10.0. The summed E-state index contributed by atoms with van der Waals surface area (Å²) in [5, 5.41) is 28.5. The number of carbonyl (C=O) groups excluding carboxylic acids is 1. The molecule has 1 aliphatic rings. The molecule has 21 heavy (non-hydrogen) atoms. The number of carbonyl (C=O) groups is 2. The number of benzene rings is 1. The van der Waals surface area contributed by atoms with Crippen molar-refractivity contribution in [2.75, 3.05) is 0 Å². The van der Waals surface area contributed by atoms with Crippen molar-refractivity contribution in [3.8, 4) is 0 Å². The average molecular weight is 326 g/mol. The van der Waals surface area contributed by atoms with Crippen LogP contribution in [0.2, 0.25) is 0 Å². The van der Waals surface area contributed by atoms with Crippen LogP contribution >= 0.6 is 24.0 Å². The summed E-state index contributed by atoms with van der Waals surface area (Å²) < 4.78 is 0.256. The smallest absolute Gasteiger partial charge is 0.338 e. The van der Waals surface area contributed by atoms with Crippen molar-refractivity contribution >= 4 is 51.6 Å². The van der Waals surface area contributed by atoms with E-state index in [9.17, 15) is 19.7 Å². The number of hydrogen-bond donors (Lipinski definition) is 2. The number of amides is 1. The Kier molecular flexibility index (Phi) is 4.23. The Bertz CT molecular complexity index is 690. The van der Waals surface area contributed by atoms with E-state index in [0.717, 1.165) is 30.0 Å². The van der Waals surface area contributed by atoms with Crippen molar-refractivity contribution in [2.45, 2.75) is 5.37 Å². The van der Waals surface area contributed by atoms with Crippen LogP contribution in [0.4, 0.5) is 11.4 Å². The van der Waals surface area contributed by atoms with E-state index in [2.05, 4.69) is 15.5 Å². The first-order valence-corrected chi connectivity index (χ1v) is 6.61. The van der Waals surface area contributed by atoms with Gasteiger partial charge >= 0.3 is 5.97 Å². The van der Waals surface area contributed by atoms with Crippen LogP contribution in [-0.4, -0.2) is 31.6 Å². The quantitative estimate of drug-likeness (QED) is 0.373. The largest absolute Gasteiger partial charge is 0.478 e. The monoisotopic (exact) mass is 326 g/mol. The Labute approximate surface area is 126 Å². The molecule has 1 unspecified atom stereocenters. The maximum atomic E-state index is 11.4. The summed E-state index contributed by atoms with van der Waals surface area (Å²) >= 11 is 5.75. The molecule has 0 radical (unpaired) electrons. The van der Waals surface area contributed by atoms with Gasteiger partial charge in [0.25, 0.3) is 11.6 Å². The van der Waals surface area contributed by atoms with Crippen molar-refractivity contribution < 1.29 is 19.6 Å². The minimum atomic E-state index is -1.38. The van der Waals surface area contributed by atoms with Crippen LogP contribution in [0.15, 0.2) is 28.4 Å². The standard InChI is InChI=1S/C10H6N4O5S2/c15-7-8(21-10(20)11-7)13-12-6-2-1-4(14(18)19)3-5(6)9(16)17/h1-3,8H,(H,16,17)(H,11,15,20). The number of nitrogens with zero attached hydrogens (tertiary/aromatic N) is 3. The average Bonchev–Trinajstić information content (AvgIpc) is 2.74. The van der Waals surface area contributed by atoms with Crippen molar-refractivity contribution in [1.29, 1.82) is 0 Å². The fourth-order valence-corrected chi connectivity index (χ4v) is 2.43. The van der Waals surface area contributed by atoms with Gasteiger partial charge in [-0.25, -0.2) is 4.79 Å². The Morgan fingerprint density at radius 3 is 2.76 bits per heavy atom. The van der Waals surface area contributed by atoms with Crippen molar-refractivity contribution in [1.82, 2.24) is 5.32 Å². The van der Waals surface area contributed by atoms with Gasteiger partial charge in [-0.05, 0) is 6.07 Å². The van der Waals surface area contributed by atoms with Crippen molar-refractivity contribution in [3.63, 3.8) is 0 Å². The zero-order valence-corrected chi connectivity index (χ0v) is 11.7. The summed E-state index contributed by atoms with van der Waals surface area (Å²) in [6.07, 6.45) is 0. The molecule has 1 saturated heterocycles. The lowest BCUT2D eigenvalue weighted by atomic mass is 10.1. The number of carboxylic acid groups (broad SMARTS) is 1. The molecule has 0 saturated carbocycles. The second-order valence-electron chi connectivity index (χ2n) is 3.73. The third-order valence-electron chi connectivity index (χ3n) is 2.36. The number of azo groups is 1. The van der Waals surface area contributed by atoms with Crippen LogP contribution in [0.5, 0.6) is 0 Å². The highest BCUT2D eigenvalue weighted by atomic mass is 32.2. The molecule has 108 valence electrons. The Balaban J connectivity index is 2.31. The molecule has 2 rings (SSSR count). The first kappa shape index (κ1) is 15.0. The van der Waals surface area contributed by atoms with Crippen LogP contribution in [0, 0.1) is 10.1 Å². The minimum Gasteiger partial charge on any atom is -0.478 e. The third-order valence-corrected chi connectivity index (χ3v) is 3.60. The molecule has 0 aromatic heterocycles. The maximum Gasteiger partial charge on any atom is 0.338 e. The Hall–Kier alpha value is -2.40. The van der Waals surface area contributed by atoms with Gasteiger partial charge in [-0.2, -0.15) is 10.2 Å². The van der Waals surface area contributed by atoms with E-state index in [0.29, 0.717) is 0 Å². The van der Waals surface area contributed by atoms with E-state index < -0.39 is 22.2 Å². The topological polar surface area (TPSA) is 134 Å². The second-order valence-corrected chi connectivity index (χ2v) is 5.48. The number of nitro groups is 1. The van der Waals surface area contributed by atoms with Crippen LogP contribution < -0.4 is 5.32 Å². The van der Waals surface area contributed by atoms with Gasteiger partial charge in [0.2, 0.25) is 5.37 Å². The lowest BCUT2D eigenvalue weighted by Crippen LogP contribution is -2.22. The molecule has 1 aliphatic heterocycles. The number of rotatable bonds is 4. The highest BCUT2D eigenvalue weighted by Crippen LogP contribution is 2.27. The molecule has 1 aromatic rings. The SMILES string of the molecule is O=C(O)c1cc([N+](=O)[O-])ccc1N=NC1SC(=S)NC1=O. The van der Waals surface area contributed by atoms with Gasteiger partial charge in [-0.1, -0.05) is 24.0 Å². The lowest BCUT2D eigenvalue weighted by molar-refractivity contribution is -0.384. The van der Waals surface area contributed by atoms with Gasteiger partial charge in [-0.3, -0.25) is 14.9 Å². The number of carboxylic acids is 1. The molecule has 0 bridgehead atoms. The van der Waals surface area contributed by atoms with Crippen LogP contribution in [-0.2, 0) is 4.79 Å². The predicted molar refractivity (Wildman–Crippen MR) is 76.7 cm³/mol. The minimum absolute atomic E-state index is 0.0840. The van der Waals surface area contributed by atoms with E-state index in [-0.39, 0.29) is 21.3 Å². The lowest BCUT2D eigenvalue weighted by Gasteiger charge is -2.01. The van der Waals surface area contributed by atoms with Crippen LogP contribution in [0.25, 0.3) is 0 Å². The molecule has 0 aliphatic carbocycles. The molecular formula is C10H6N4O5S2. The van der Waals surface area contributed by atoms with Gasteiger partial charge in [-0.15, -0.1) is 0 Å². The number of non-ortho nitro benzene ring substituents is 1. The molecule has 1 aromatic carbocycles. The molecule has 1 fully saturated rings. The second kappa shape index (κ2) is 5.93. The molecule has 1 amide bonds. The predicted octanol–water partition coefficient (Wildman–Crippen LogP) is 1.85. The molecule has 9 nitrogen and oxygen atoms in total.